The summed E-state index contributed by atoms with van der Waals surface area (Å²) in [6.07, 6.45) is 3.29. The van der Waals surface area contributed by atoms with Gasteiger partial charge >= 0.3 is 7.12 Å². The fourth-order valence-electron chi connectivity index (χ4n) is 4.38. The molecule has 0 aliphatic heterocycles. The SMILES string of the molecule is CC(C)CC(N)B(O)O[C@@]12CC(CC[C@]1(C)O)C2(C)C. The van der Waals surface area contributed by atoms with Crippen LogP contribution in [0.4, 0.5) is 0 Å². The van der Waals surface area contributed by atoms with Crippen LogP contribution < -0.4 is 5.73 Å². The fraction of sp³-hybridized carbons (Fsp3) is 1.00. The Morgan fingerprint density at radius 1 is 1.35 bits per heavy atom. The van der Waals surface area contributed by atoms with E-state index in [1.165, 1.54) is 0 Å². The Morgan fingerprint density at radius 2 is 1.95 bits per heavy atom. The summed E-state index contributed by atoms with van der Waals surface area (Å²) in [5.74, 6) is 0.572. The van der Waals surface area contributed by atoms with Gasteiger partial charge in [-0.2, -0.15) is 0 Å². The zero-order valence-corrected chi connectivity index (χ0v) is 13.5. The lowest BCUT2D eigenvalue weighted by Crippen LogP contribution is -2.77. The van der Waals surface area contributed by atoms with Crippen molar-refractivity contribution in [2.45, 2.75) is 77.4 Å². The Kier molecular flexibility index (Phi) is 4.05. The Morgan fingerprint density at radius 3 is 2.40 bits per heavy atom. The highest BCUT2D eigenvalue weighted by Gasteiger charge is 2.71. The third kappa shape index (κ3) is 2.23. The second-order valence-corrected chi connectivity index (χ2v) is 8.06. The van der Waals surface area contributed by atoms with E-state index in [4.69, 9.17) is 10.4 Å². The Hall–Kier alpha value is -0.0951. The maximum Gasteiger partial charge on any atom is 0.472 e. The molecule has 0 aromatic rings. The normalized spacial score (nSPS) is 40.4. The lowest BCUT2D eigenvalue weighted by Gasteiger charge is -2.71. The zero-order valence-electron chi connectivity index (χ0n) is 13.5. The number of hydrogen-bond donors (Lipinski definition) is 3. The Balaban J connectivity index is 2.13. The molecule has 3 rings (SSSR count). The summed E-state index contributed by atoms with van der Waals surface area (Å²) in [7, 11) is -1.01. The lowest BCUT2D eigenvalue weighted by atomic mass is 9.40. The van der Waals surface area contributed by atoms with Crippen molar-refractivity contribution in [3.8, 4) is 0 Å². The van der Waals surface area contributed by atoms with Crippen LogP contribution in [0, 0.1) is 17.3 Å². The van der Waals surface area contributed by atoms with Crippen molar-refractivity contribution in [1.29, 1.82) is 0 Å². The first-order valence-corrected chi connectivity index (χ1v) is 7.87. The molecular weight excluding hydrogens is 253 g/mol. The molecular formula is C15H30BNO3. The largest absolute Gasteiger partial charge is 0.472 e. The first-order valence-electron chi connectivity index (χ1n) is 7.87. The molecule has 116 valence electrons. The number of nitrogens with two attached hydrogens (primary N) is 1. The van der Waals surface area contributed by atoms with Gasteiger partial charge in [0.05, 0.1) is 11.2 Å². The van der Waals surface area contributed by atoms with Crippen LogP contribution in [0.15, 0.2) is 0 Å². The van der Waals surface area contributed by atoms with Crippen LogP contribution in [0.2, 0.25) is 0 Å². The minimum atomic E-state index is -1.01. The average Bonchev–Trinajstić information content (AvgIpc) is 2.29. The van der Waals surface area contributed by atoms with Crippen LogP contribution in [-0.2, 0) is 4.65 Å². The van der Waals surface area contributed by atoms with Crippen molar-refractivity contribution < 1.29 is 14.8 Å². The molecule has 0 saturated heterocycles. The van der Waals surface area contributed by atoms with Crippen molar-refractivity contribution in [2.24, 2.45) is 23.0 Å². The highest BCUT2D eigenvalue weighted by atomic mass is 16.6. The predicted octanol–water partition coefficient (Wildman–Crippen LogP) is 1.73. The minimum absolute atomic E-state index is 0.118. The summed E-state index contributed by atoms with van der Waals surface area (Å²) >= 11 is 0. The number of fused-ring (bicyclic) bond motifs is 2. The van der Waals surface area contributed by atoms with E-state index in [0.29, 0.717) is 18.3 Å². The number of rotatable bonds is 5. The quantitative estimate of drug-likeness (QED) is 0.672. The standard InChI is InChI=1S/C15H30BNO3/c1-10(2)8-12(17)16(19)20-15-9-11(13(15,3)4)6-7-14(15,5)18/h10-12,18-19H,6-9,17H2,1-5H3/t11?,12?,14-,15+/m0/s1. The average molecular weight is 283 g/mol. The van der Waals surface area contributed by atoms with E-state index in [1.807, 2.05) is 6.92 Å². The van der Waals surface area contributed by atoms with E-state index in [0.717, 1.165) is 19.3 Å². The Bertz CT molecular complexity index is 362. The van der Waals surface area contributed by atoms with Gasteiger partial charge in [0.1, 0.15) is 0 Å². The molecule has 0 amide bonds. The maximum atomic E-state index is 10.8. The molecule has 0 aromatic heterocycles. The van der Waals surface area contributed by atoms with Gasteiger partial charge in [0.15, 0.2) is 0 Å². The summed E-state index contributed by atoms with van der Waals surface area (Å²) in [5, 5.41) is 21.1. The van der Waals surface area contributed by atoms with Gasteiger partial charge in [0, 0.05) is 5.94 Å². The molecule has 0 spiro atoms. The second-order valence-electron chi connectivity index (χ2n) is 8.06. The summed E-state index contributed by atoms with van der Waals surface area (Å²) in [4.78, 5) is 0. The van der Waals surface area contributed by atoms with E-state index < -0.39 is 24.3 Å². The van der Waals surface area contributed by atoms with Crippen molar-refractivity contribution >= 4 is 7.12 Å². The smallest absolute Gasteiger partial charge is 0.426 e. The van der Waals surface area contributed by atoms with Crippen LogP contribution in [0.3, 0.4) is 0 Å². The molecule has 3 aliphatic carbocycles. The second kappa shape index (κ2) is 4.97. The van der Waals surface area contributed by atoms with Gasteiger partial charge < -0.3 is 20.5 Å². The van der Waals surface area contributed by atoms with Gasteiger partial charge in [-0.05, 0) is 49.9 Å². The molecule has 4 atom stereocenters. The minimum Gasteiger partial charge on any atom is -0.426 e. The fourth-order valence-corrected chi connectivity index (χ4v) is 4.38. The molecule has 2 bridgehead atoms. The summed E-state index contributed by atoms with van der Waals surface area (Å²) < 4.78 is 6.02. The predicted molar refractivity (Wildman–Crippen MR) is 81.0 cm³/mol. The highest BCUT2D eigenvalue weighted by Crippen LogP contribution is 2.67. The maximum absolute atomic E-state index is 10.8. The molecule has 4 N–H and O–H groups in total. The molecule has 0 heterocycles. The number of aliphatic hydroxyl groups is 1. The topological polar surface area (TPSA) is 75.7 Å². The number of hydrogen-bond acceptors (Lipinski definition) is 4. The van der Waals surface area contributed by atoms with E-state index in [2.05, 4.69) is 27.7 Å². The first-order chi connectivity index (χ1) is 9.03. The molecule has 3 aliphatic rings. The van der Waals surface area contributed by atoms with Crippen LogP contribution in [0.25, 0.3) is 0 Å². The molecule has 2 unspecified atom stereocenters. The third-order valence-corrected chi connectivity index (χ3v) is 5.88. The highest BCUT2D eigenvalue weighted by molar-refractivity contribution is 6.45. The Labute approximate surface area is 123 Å². The van der Waals surface area contributed by atoms with Gasteiger partial charge in [0.25, 0.3) is 0 Å². The molecule has 5 heteroatoms. The van der Waals surface area contributed by atoms with E-state index >= 15 is 0 Å². The van der Waals surface area contributed by atoms with Crippen LogP contribution >= 0.6 is 0 Å². The zero-order chi connectivity index (χ0) is 15.3. The molecule has 0 aromatic carbocycles. The first kappa shape index (κ1) is 16.3. The molecule has 0 radical (unpaired) electrons. The van der Waals surface area contributed by atoms with Crippen LogP contribution in [0.5, 0.6) is 0 Å². The van der Waals surface area contributed by atoms with Gasteiger partial charge in [0.2, 0.25) is 0 Å². The van der Waals surface area contributed by atoms with Crippen LogP contribution in [0.1, 0.15) is 60.3 Å². The van der Waals surface area contributed by atoms with Crippen molar-refractivity contribution in [3.05, 3.63) is 0 Å². The molecule has 4 nitrogen and oxygen atoms in total. The summed E-state index contributed by atoms with van der Waals surface area (Å²) in [6.45, 7) is 10.3. The summed E-state index contributed by atoms with van der Waals surface area (Å²) in [6, 6.07) is 0. The van der Waals surface area contributed by atoms with Gasteiger partial charge in [-0.3, -0.25) is 0 Å². The van der Waals surface area contributed by atoms with Crippen molar-refractivity contribution in [3.63, 3.8) is 0 Å². The molecule has 3 fully saturated rings. The summed E-state index contributed by atoms with van der Waals surface area (Å²) in [5.41, 5.74) is 4.35. The lowest BCUT2D eigenvalue weighted by molar-refractivity contribution is -0.305. The monoisotopic (exact) mass is 283 g/mol. The third-order valence-electron chi connectivity index (χ3n) is 5.88. The van der Waals surface area contributed by atoms with Crippen LogP contribution in [-0.4, -0.2) is 34.4 Å². The van der Waals surface area contributed by atoms with Crippen molar-refractivity contribution in [2.75, 3.05) is 0 Å². The van der Waals surface area contributed by atoms with Crippen molar-refractivity contribution in [1.82, 2.24) is 0 Å². The van der Waals surface area contributed by atoms with E-state index in [-0.39, 0.29) is 5.41 Å². The van der Waals surface area contributed by atoms with Gasteiger partial charge in [-0.15, -0.1) is 0 Å². The molecule has 3 saturated carbocycles. The van der Waals surface area contributed by atoms with Gasteiger partial charge in [-0.25, -0.2) is 0 Å². The van der Waals surface area contributed by atoms with E-state index in [9.17, 15) is 10.1 Å². The van der Waals surface area contributed by atoms with E-state index in [1.54, 1.807) is 0 Å². The molecule has 20 heavy (non-hydrogen) atoms. The van der Waals surface area contributed by atoms with Gasteiger partial charge in [-0.1, -0.05) is 27.7 Å².